The standard InChI is InChI=1S/C18H20N4O4/c1-4-12-14-15(19-10-11-8-6-7-9-13(11)24-3)20-16(18(23)25-5-2)21-17(14)26-22-12/h6-9H,4-5,10H2,1-3H3,(H,19,20,21). The molecule has 2 heterocycles. The molecule has 0 amide bonds. The van der Waals surface area contributed by atoms with Crippen molar-refractivity contribution in [2.24, 2.45) is 0 Å². The molecule has 3 aromatic rings. The summed E-state index contributed by atoms with van der Waals surface area (Å²) in [5.41, 5.74) is 1.93. The van der Waals surface area contributed by atoms with Crippen molar-refractivity contribution in [3.8, 4) is 5.75 Å². The Labute approximate surface area is 150 Å². The predicted octanol–water partition coefficient (Wildman–Crippen LogP) is 2.98. The first-order valence-electron chi connectivity index (χ1n) is 8.37. The summed E-state index contributed by atoms with van der Waals surface area (Å²) in [6.45, 7) is 4.37. The molecular formula is C18H20N4O4. The minimum Gasteiger partial charge on any atom is -0.496 e. The first-order chi connectivity index (χ1) is 12.7. The van der Waals surface area contributed by atoms with Gasteiger partial charge in [0.25, 0.3) is 5.71 Å². The van der Waals surface area contributed by atoms with Crippen molar-refractivity contribution in [2.45, 2.75) is 26.8 Å². The fraction of sp³-hybridized carbons (Fsp3) is 0.333. The minimum absolute atomic E-state index is 0.0688. The van der Waals surface area contributed by atoms with Crippen LogP contribution in [0.15, 0.2) is 28.8 Å². The number of carbonyl (C=O) groups is 1. The molecule has 26 heavy (non-hydrogen) atoms. The van der Waals surface area contributed by atoms with Crippen LogP contribution >= 0.6 is 0 Å². The van der Waals surface area contributed by atoms with Crippen LogP contribution in [-0.2, 0) is 17.7 Å². The second-order valence-electron chi connectivity index (χ2n) is 5.44. The van der Waals surface area contributed by atoms with Crippen molar-refractivity contribution in [2.75, 3.05) is 19.0 Å². The summed E-state index contributed by atoms with van der Waals surface area (Å²) < 4.78 is 15.6. The summed E-state index contributed by atoms with van der Waals surface area (Å²) in [6.07, 6.45) is 0.651. The van der Waals surface area contributed by atoms with Gasteiger partial charge in [0, 0.05) is 12.1 Å². The fourth-order valence-corrected chi connectivity index (χ4v) is 2.59. The van der Waals surface area contributed by atoms with E-state index in [-0.39, 0.29) is 18.1 Å². The van der Waals surface area contributed by atoms with E-state index in [9.17, 15) is 4.79 Å². The topological polar surface area (TPSA) is 99.4 Å². The molecule has 0 unspecified atom stereocenters. The lowest BCUT2D eigenvalue weighted by atomic mass is 10.2. The number of para-hydroxylation sites is 1. The number of benzene rings is 1. The number of ether oxygens (including phenoxy) is 2. The van der Waals surface area contributed by atoms with Crippen LogP contribution in [0.25, 0.3) is 11.1 Å². The summed E-state index contributed by atoms with van der Waals surface area (Å²) in [5.74, 6) is 0.559. The Hall–Kier alpha value is -3.16. The van der Waals surface area contributed by atoms with Crippen LogP contribution in [0.3, 0.4) is 0 Å². The summed E-state index contributed by atoms with van der Waals surface area (Å²) in [5, 5.41) is 7.92. The van der Waals surface area contributed by atoms with Gasteiger partial charge < -0.3 is 19.3 Å². The zero-order chi connectivity index (χ0) is 18.5. The number of nitrogens with zero attached hydrogens (tertiary/aromatic N) is 3. The largest absolute Gasteiger partial charge is 0.496 e. The molecule has 0 fully saturated rings. The lowest BCUT2D eigenvalue weighted by Gasteiger charge is -2.11. The van der Waals surface area contributed by atoms with Crippen molar-refractivity contribution in [3.05, 3.63) is 41.3 Å². The smallest absolute Gasteiger partial charge is 0.376 e. The van der Waals surface area contributed by atoms with E-state index in [2.05, 4.69) is 20.4 Å². The number of aromatic nitrogens is 3. The highest BCUT2D eigenvalue weighted by Gasteiger charge is 2.20. The summed E-state index contributed by atoms with van der Waals surface area (Å²) in [7, 11) is 1.62. The van der Waals surface area contributed by atoms with E-state index in [1.54, 1.807) is 14.0 Å². The number of fused-ring (bicyclic) bond motifs is 1. The van der Waals surface area contributed by atoms with Gasteiger partial charge in [-0.1, -0.05) is 30.3 Å². The van der Waals surface area contributed by atoms with Crippen LogP contribution in [0.5, 0.6) is 5.75 Å². The third kappa shape index (κ3) is 3.44. The van der Waals surface area contributed by atoms with Crippen LogP contribution in [0.4, 0.5) is 5.82 Å². The molecule has 0 saturated carbocycles. The SMILES string of the molecule is CCOC(=O)c1nc(NCc2ccccc2OC)c2c(CC)noc2n1. The summed E-state index contributed by atoms with van der Waals surface area (Å²) in [4.78, 5) is 20.5. The number of aryl methyl sites for hydroxylation is 1. The molecule has 0 saturated heterocycles. The van der Waals surface area contributed by atoms with E-state index in [0.717, 1.165) is 17.0 Å². The lowest BCUT2D eigenvalue weighted by molar-refractivity contribution is 0.0512. The molecule has 0 aliphatic carbocycles. The highest BCUT2D eigenvalue weighted by Crippen LogP contribution is 2.26. The fourth-order valence-electron chi connectivity index (χ4n) is 2.59. The molecule has 0 spiro atoms. The average molecular weight is 356 g/mol. The summed E-state index contributed by atoms with van der Waals surface area (Å²) >= 11 is 0. The molecule has 8 heteroatoms. The Kier molecular flexibility index (Phi) is 5.31. The van der Waals surface area contributed by atoms with Gasteiger partial charge in [0.05, 0.1) is 19.4 Å². The zero-order valence-electron chi connectivity index (χ0n) is 14.9. The highest BCUT2D eigenvalue weighted by molar-refractivity contribution is 5.93. The van der Waals surface area contributed by atoms with Crippen molar-refractivity contribution >= 4 is 22.9 Å². The first-order valence-corrected chi connectivity index (χ1v) is 8.37. The van der Waals surface area contributed by atoms with Gasteiger partial charge in [-0.25, -0.2) is 9.78 Å². The molecule has 0 aliphatic rings. The predicted molar refractivity (Wildman–Crippen MR) is 95.3 cm³/mol. The van der Waals surface area contributed by atoms with Crippen LogP contribution in [0.1, 0.15) is 35.7 Å². The molecule has 8 nitrogen and oxygen atoms in total. The van der Waals surface area contributed by atoms with Crippen molar-refractivity contribution in [1.82, 2.24) is 15.1 Å². The Balaban J connectivity index is 1.99. The first kappa shape index (κ1) is 17.7. The third-order valence-electron chi connectivity index (χ3n) is 3.84. The van der Waals surface area contributed by atoms with Gasteiger partial charge in [0.1, 0.15) is 17.0 Å². The molecule has 3 rings (SSSR count). The number of carbonyl (C=O) groups excluding carboxylic acids is 1. The lowest BCUT2D eigenvalue weighted by Crippen LogP contribution is -2.12. The molecule has 0 atom stereocenters. The molecule has 0 radical (unpaired) electrons. The van der Waals surface area contributed by atoms with Crippen LogP contribution < -0.4 is 10.1 Å². The number of nitrogens with one attached hydrogen (secondary N) is 1. The van der Waals surface area contributed by atoms with E-state index < -0.39 is 5.97 Å². The maximum Gasteiger partial charge on any atom is 0.376 e. The number of methoxy groups -OCH3 is 1. The second kappa shape index (κ2) is 7.81. The number of esters is 1. The van der Waals surface area contributed by atoms with Crippen LogP contribution in [-0.4, -0.2) is 34.8 Å². The van der Waals surface area contributed by atoms with Crippen molar-refractivity contribution in [3.63, 3.8) is 0 Å². The van der Waals surface area contributed by atoms with Crippen LogP contribution in [0.2, 0.25) is 0 Å². The Morgan fingerprint density at radius 2 is 2.04 bits per heavy atom. The number of anilines is 1. The van der Waals surface area contributed by atoms with Gasteiger partial charge in [-0.3, -0.25) is 0 Å². The van der Waals surface area contributed by atoms with E-state index in [4.69, 9.17) is 14.0 Å². The normalized spacial score (nSPS) is 10.7. The maximum absolute atomic E-state index is 12.0. The molecule has 1 aromatic carbocycles. The third-order valence-corrected chi connectivity index (χ3v) is 3.84. The van der Waals surface area contributed by atoms with E-state index >= 15 is 0 Å². The van der Waals surface area contributed by atoms with Gasteiger partial charge in [0.15, 0.2) is 0 Å². The van der Waals surface area contributed by atoms with Gasteiger partial charge in [-0.05, 0) is 19.4 Å². The Morgan fingerprint density at radius 1 is 1.23 bits per heavy atom. The van der Waals surface area contributed by atoms with Crippen LogP contribution in [0, 0.1) is 0 Å². The van der Waals surface area contributed by atoms with Crippen molar-refractivity contribution in [1.29, 1.82) is 0 Å². The molecular weight excluding hydrogens is 336 g/mol. The minimum atomic E-state index is -0.607. The van der Waals surface area contributed by atoms with Gasteiger partial charge in [-0.2, -0.15) is 4.98 Å². The van der Waals surface area contributed by atoms with Gasteiger partial charge >= 0.3 is 5.97 Å². The van der Waals surface area contributed by atoms with Crippen molar-refractivity contribution < 1.29 is 18.8 Å². The highest BCUT2D eigenvalue weighted by atomic mass is 16.5. The van der Waals surface area contributed by atoms with E-state index in [1.807, 2.05) is 31.2 Å². The number of rotatable bonds is 7. The monoisotopic (exact) mass is 356 g/mol. The quantitative estimate of drug-likeness (QED) is 0.645. The molecule has 2 aromatic heterocycles. The molecule has 0 bridgehead atoms. The maximum atomic E-state index is 12.0. The average Bonchev–Trinajstić information content (AvgIpc) is 3.09. The zero-order valence-corrected chi connectivity index (χ0v) is 14.9. The second-order valence-corrected chi connectivity index (χ2v) is 5.44. The molecule has 136 valence electrons. The molecule has 0 aliphatic heterocycles. The van der Waals surface area contributed by atoms with Gasteiger partial charge in [0.2, 0.25) is 5.82 Å². The van der Waals surface area contributed by atoms with Gasteiger partial charge in [-0.15, -0.1) is 0 Å². The van der Waals surface area contributed by atoms with E-state index in [0.29, 0.717) is 24.2 Å². The Morgan fingerprint density at radius 3 is 2.77 bits per heavy atom. The number of hydrogen-bond acceptors (Lipinski definition) is 8. The molecule has 1 N–H and O–H groups in total. The van der Waals surface area contributed by atoms with E-state index in [1.165, 1.54) is 0 Å². The Bertz CT molecular complexity index is 923. The summed E-state index contributed by atoms with van der Waals surface area (Å²) in [6, 6.07) is 7.66. The number of hydrogen-bond donors (Lipinski definition) is 1.